The average Bonchev–Trinajstić information content (AvgIpc) is 1.90. The molecule has 10 heavy (non-hydrogen) atoms. The lowest BCUT2D eigenvalue weighted by Crippen LogP contribution is -3.00. The van der Waals surface area contributed by atoms with Crippen LogP contribution in [0.3, 0.4) is 0 Å². The largest absolute Gasteiger partial charge is 1.00 e. The van der Waals surface area contributed by atoms with E-state index in [-0.39, 0.29) is 12.4 Å². The van der Waals surface area contributed by atoms with Gasteiger partial charge >= 0.3 is 0 Å². The fourth-order valence-corrected chi connectivity index (χ4v) is 0.653. The predicted octanol–water partition coefficient (Wildman–Crippen LogP) is -1.53. The van der Waals surface area contributed by atoms with Gasteiger partial charge in [-0.15, -0.1) is 0 Å². The second-order valence-corrected chi connectivity index (χ2v) is 2.02. The third kappa shape index (κ3) is 2.19. The summed E-state index contributed by atoms with van der Waals surface area (Å²) in [6.07, 6.45) is 3.95. The Kier molecular flexibility index (Phi) is 3.74. The van der Waals surface area contributed by atoms with Crippen molar-refractivity contribution < 1.29 is 17.0 Å². The first kappa shape index (κ1) is 9.18. The van der Waals surface area contributed by atoms with Gasteiger partial charge in [-0.2, -0.15) is 4.57 Å². The molecule has 1 aromatic heterocycles. The van der Waals surface area contributed by atoms with Crippen LogP contribution in [0, 0.1) is 0 Å². The van der Waals surface area contributed by atoms with Gasteiger partial charge in [0.05, 0.1) is 0 Å². The molecule has 0 aromatic carbocycles. The van der Waals surface area contributed by atoms with Gasteiger partial charge in [0.15, 0.2) is 18.1 Å². The molecule has 2 heteroatoms. The maximum atomic E-state index is 3.79. The predicted molar refractivity (Wildman–Crippen MR) is 37.6 cm³/mol. The van der Waals surface area contributed by atoms with Crippen molar-refractivity contribution in [2.45, 2.75) is 6.92 Å². The summed E-state index contributed by atoms with van der Waals surface area (Å²) in [7, 11) is 0. The molecule has 0 aliphatic heterocycles. The van der Waals surface area contributed by atoms with Gasteiger partial charge in [0, 0.05) is 19.1 Å². The lowest BCUT2D eigenvalue weighted by molar-refractivity contribution is -0.581. The highest BCUT2D eigenvalue weighted by atomic mass is 35.5. The van der Waals surface area contributed by atoms with Gasteiger partial charge in [0.1, 0.15) is 0 Å². The van der Waals surface area contributed by atoms with E-state index >= 15 is 0 Å². The SMILES string of the molecule is C=C(C)[n+]1ccccc1.[Cl-]. The van der Waals surface area contributed by atoms with Crippen LogP contribution in [0.5, 0.6) is 0 Å². The standard InChI is InChI=1S/C8H10N.ClH/c1-8(2)9-6-4-3-5-7-9;/h3-7H,1H2,2H3;1H/q+1;/p-1. The van der Waals surface area contributed by atoms with E-state index in [1.807, 2.05) is 42.1 Å². The summed E-state index contributed by atoms with van der Waals surface area (Å²) >= 11 is 0. The molecule has 0 aliphatic rings. The molecule has 54 valence electrons. The molecule has 0 aliphatic carbocycles. The second-order valence-electron chi connectivity index (χ2n) is 2.02. The van der Waals surface area contributed by atoms with E-state index in [2.05, 4.69) is 6.58 Å². The van der Waals surface area contributed by atoms with E-state index in [1.54, 1.807) is 0 Å². The van der Waals surface area contributed by atoms with Gasteiger partial charge < -0.3 is 12.4 Å². The Hall–Kier alpha value is -0.820. The van der Waals surface area contributed by atoms with Gasteiger partial charge in [-0.25, -0.2) is 0 Å². The summed E-state index contributed by atoms with van der Waals surface area (Å²) in [5.41, 5.74) is 1.04. The summed E-state index contributed by atoms with van der Waals surface area (Å²) in [5.74, 6) is 0. The van der Waals surface area contributed by atoms with Crippen molar-refractivity contribution in [3.63, 3.8) is 0 Å². The van der Waals surface area contributed by atoms with Crippen LogP contribution in [-0.4, -0.2) is 0 Å². The van der Waals surface area contributed by atoms with Crippen LogP contribution in [0.1, 0.15) is 6.92 Å². The Morgan fingerprint density at radius 1 is 1.20 bits per heavy atom. The van der Waals surface area contributed by atoms with E-state index in [4.69, 9.17) is 0 Å². The zero-order valence-electron chi connectivity index (χ0n) is 5.92. The van der Waals surface area contributed by atoms with Crippen LogP contribution >= 0.6 is 0 Å². The number of pyridine rings is 1. The van der Waals surface area contributed by atoms with Crippen LogP contribution in [-0.2, 0) is 0 Å². The van der Waals surface area contributed by atoms with Gasteiger partial charge in [-0.1, -0.05) is 6.07 Å². The minimum Gasteiger partial charge on any atom is -1.00 e. The number of halogens is 1. The van der Waals surface area contributed by atoms with E-state index in [0.29, 0.717) is 0 Å². The highest BCUT2D eigenvalue weighted by Crippen LogP contribution is 1.84. The fraction of sp³-hybridized carbons (Fsp3) is 0.125. The molecule has 1 nitrogen and oxygen atoms in total. The molecule has 0 bridgehead atoms. The number of hydrogen-bond donors (Lipinski definition) is 0. The molecule has 0 spiro atoms. The number of nitrogens with zero attached hydrogens (tertiary/aromatic N) is 1. The van der Waals surface area contributed by atoms with E-state index < -0.39 is 0 Å². The monoisotopic (exact) mass is 155 g/mol. The van der Waals surface area contributed by atoms with Crippen molar-refractivity contribution in [3.8, 4) is 0 Å². The molecule has 0 saturated carbocycles. The molecule has 1 heterocycles. The van der Waals surface area contributed by atoms with E-state index in [1.165, 1.54) is 0 Å². The van der Waals surface area contributed by atoms with Crippen LogP contribution in [0.25, 0.3) is 5.70 Å². The number of rotatable bonds is 1. The molecule has 0 radical (unpaired) electrons. The highest BCUT2D eigenvalue weighted by molar-refractivity contribution is 5.21. The van der Waals surface area contributed by atoms with E-state index in [0.717, 1.165) is 5.70 Å². The molecular weight excluding hydrogens is 146 g/mol. The molecule has 0 fully saturated rings. The Labute approximate surface area is 67.4 Å². The second kappa shape index (κ2) is 4.07. The summed E-state index contributed by atoms with van der Waals surface area (Å²) in [6, 6.07) is 5.95. The quantitative estimate of drug-likeness (QED) is 0.434. The number of allylic oxidation sites excluding steroid dienone is 1. The van der Waals surface area contributed by atoms with Crippen LogP contribution in [0.15, 0.2) is 37.2 Å². The zero-order chi connectivity index (χ0) is 6.69. The normalized spacial score (nSPS) is 8.10. The Morgan fingerprint density at radius 2 is 1.70 bits per heavy atom. The lowest BCUT2D eigenvalue weighted by Gasteiger charge is -1.88. The summed E-state index contributed by atoms with van der Waals surface area (Å²) < 4.78 is 1.97. The van der Waals surface area contributed by atoms with Crippen molar-refractivity contribution >= 4 is 5.70 Å². The third-order valence-corrected chi connectivity index (χ3v) is 1.16. The summed E-state index contributed by atoms with van der Waals surface area (Å²) in [5, 5.41) is 0. The highest BCUT2D eigenvalue weighted by Gasteiger charge is 1.94. The maximum absolute atomic E-state index is 3.79. The molecule has 0 N–H and O–H groups in total. The Bertz CT molecular complexity index is 206. The number of hydrogen-bond acceptors (Lipinski definition) is 0. The summed E-state index contributed by atoms with van der Waals surface area (Å²) in [6.45, 7) is 5.76. The van der Waals surface area contributed by atoms with Crippen LogP contribution in [0.4, 0.5) is 0 Å². The van der Waals surface area contributed by atoms with E-state index in [9.17, 15) is 0 Å². The molecular formula is C8H10ClN. The average molecular weight is 156 g/mol. The topological polar surface area (TPSA) is 3.88 Å². The van der Waals surface area contributed by atoms with Crippen molar-refractivity contribution in [2.24, 2.45) is 0 Å². The van der Waals surface area contributed by atoms with Crippen molar-refractivity contribution in [3.05, 3.63) is 37.2 Å². The van der Waals surface area contributed by atoms with Crippen LogP contribution < -0.4 is 17.0 Å². The molecule has 0 amide bonds. The Morgan fingerprint density at radius 3 is 2.00 bits per heavy atom. The first-order chi connectivity index (χ1) is 4.30. The number of aromatic nitrogens is 1. The first-order valence-electron chi connectivity index (χ1n) is 2.93. The minimum atomic E-state index is 0. The van der Waals surface area contributed by atoms with Gasteiger partial charge in [-0.05, 0) is 6.58 Å². The summed E-state index contributed by atoms with van der Waals surface area (Å²) in [4.78, 5) is 0. The first-order valence-corrected chi connectivity index (χ1v) is 2.93. The third-order valence-electron chi connectivity index (χ3n) is 1.16. The smallest absolute Gasteiger partial charge is 0.176 e. The minimum absolute atomic E-state index is 0. The zero-order valence-corrected chi connectivity index (χ0v) is 6.67. The molecule has 0 saturated heterocycles. The molecule has 1 rings (SSSR count). The maximum Gasteiger partial charge on any atom is 0.176 e. The fourth-order valence-electron chi connectivity index (χ4n) is 0.653. The van der Waals surface area contributed by atoms with Crippen molar-refractivity contribution in [1.82, 2.24) is 0 Å². The van der Waals surface area contributed by atoms with Crippen molar-refractivity contribution in [1.29, 1.82) is 0 Å². The van der Waals surface area contributed by atoms with Crippen LogP contribution in [0.2, 0.25) is 0 Å². The van der Waals surface area contributed by atoms with Crippen molar-refractivity contribution in [2.75, 3.05) is 0 Å². The van der Waals surface area contributed by atoms with Gasteiger partial charge in [-0.3, -0.25) is 0 Å². The lowest BCUT2D eigenvalue weighted by atomic mass is 10.4. The van der Waals surface area contributed by atoms with Gasteiger partial charge in [0.2, 0.25) is 0 Å². The van der Waals surface area contributed by atoms with Gasteiger partial charge in [0.25, 0.3) is 0 Å². The molecule has 0 unspecified atom stereocenters. The molecule has 1 aromatic rings. The Balaban J connectivity index is 0.000000810. The molecule has 0 atom stereocenters.